The van der Waals surface area contributed by atoms with Crippen LogP contribution in [0.5, 0.6) is 5.75 Å². The van der Waals surface area contributed by atoms with E-state index in [0.29, 0.717) is 6.42 Å². The lowest BCUT2D eigenvalue weighted by atomic mass is 9.79. The summed E-state index contributed by atoms with van der Waals surface area (Å²) in [5, 5.41) is 3.21. The van der Waals surface area contributed by atoms with Crippen LogP contribution in [-0.2, 0) is 16.0 Å². The number of benzene rings is 1. The Balaban J connectivity index is 1.57. The Bertz CT molecular complexity index is 547. The summed E-state index contributed by atoms with van der Waals surface area (Å²) in [6.07, 6.45) is 6.60. The highest BCUT2D eigenvalue weighted by atomic mass is 16.5. The van der Waals surface area contributed by atoms with Crippen LogP contribution in [-0.4, -0.2) is 56.3 Å². The topological polar surface area (TPSA) is 50.8 Å². The predicted octanol–water partition coefficient (Wildman–Crippen LogP) is 2.39. The Morgan fingerprint density at radius 1 is 1.16 bits per heavy atom. The molecule has 1 heterocycles. The number of carbonyl (C=O) groups excluding carboxylic acids is 1. The van der Waals surface area contributed by atoms with Gasteiger partial charge in [-0.3, -0.25) is 9.69 Å². The summed E-state index contributed by atoms with van der Waals surface area (Å²) in [6, 6.07) is 7.71. The zero-order valence-corrected chi connectivity index (χ0v) is 15.3. The Hall–Kier alpha value is -1.59. The lowest BCUT2D eigenvalue weighted by molar-refractivity contribution is -0.121. The van der Waals surface area contributed by atoms with Crippen molar-refractivity contribution in [3.8, 4) is 5.75 Å². The summed E-state index contributed by atoms with van der Waals surface area (Å²) in [5.74, 6) is 0.918. The Morgan fingerprint density at radius 3 is 2.48 bits per heavy atom. The van der Waals surface area contributed by atoms with E-state index < -0.39 is 0 Å². The van der Waals surface area contributed by atoms with Gasteiger partial charge in [0, 0.05) is 25.2 Å². The fourth-order valence-electron chi connectivity index (χ4n) is 4.11. The molecule has 0 spiro atoms. The highest BCUT2D eigenvalue weighted by molar-refractivity contribution is 5.78. The maximum absolute atomic E-state index is 12.4. The molecule has 0 unspecified atom stereocenters. The van der Waals surface area contributed by atoms with E-state index in [4.69, 9.17) is 9.47 Å². The van der Waals surface area contributed by atoms with Gasteiger partial charge in [0.05, 0.1) is 26.7 Å². The van der Waals surface area contributed by atoms with Crippen molar-refractivity contribution in [2.75, 3.05) is 40.0 Å². The second-order valence-electron chi connectivity index (χ2n) is 7.19. The van der Waals surface area contributed by atoms with Crippen molar-refractivity contribution in [1.29, 1.82) is 0 Å². The van der Waals surface area contributed by atoms with Crippen molar-refractivity contribution >= 4 is 5.91 Å². The largest absolute Gasteiger partial charge is 0.497 e. The van der Waals surface area contributed by atoms with Gasteiger partial charge in [-0.15, -0.1) is 0 Å². The summed E-state index contributed by atoms with van der Waals surface area (Å²) in [6.45, 7) is 4.33. The van der Waals surface area contributed by atoms with Crippen LogP contribution in [0.4, 0.5) is 0 Å². The van der Waals surface area contributed by atoms with E-state index in [1.165, 1.54) is 32.1 Å². The molecule has 1 amide bonds. The molecule has 1 aromatic rings. The first-order chi connectivity index (χ1) is 12.2. The van der Waals surface area contributed by atoms with Gasteiger partial charge in [0.15, 0.2) is 0 Å². The smallest absolute Gasteiger partial charge is 0.224 e. The van der Waals surface area contributed by atoms with Gasteiger partial charge in [-0.05, 0) is 30.5 Å². The molecule has 1 saturated heterocycles. The van der Waals surface area contributed by atoms with Gasteiger partial charge in [0.2, 0.25) is 5.91 Å². The van der Waals surface area contributed by atoms with Gasteiger partial charge < -0.3 is 14.8 Å². The molecule has 0 radical (unpaired) electrons. The summed E-state index contributed by atoms with van der Waals surface area (Å²) in [4.78, 5) is 15.0. The molecule has 2 aliphatic rings. The average Bonchev–Trinajstić information content (AvgIpc) is 2.68. The van der Waals surface area contributed by atoms with Gasteiger partial charge in [0.25, 0.3) is 0 Å². The van der Waals surface area contributed by atoms with E-state index in [1.54, 1.807) is 7.11 Å². The van der Waals surface area contributed by atoms with E-state index in [0.717, 1.165) is 44.2 Å². The Kier molecular flexibility index (Phi) is 6.32. The monoisotopic (exact) mass is 346 g/mol. The lowest BCUT2D eigenvalue weighted by Gasteiger charge is -2.48. The highest BCUT2D eigenvalue weighted by Gasteiger charge is 2.38. The number of nitrogens with one attached hydrogen (secondary N) is 1. The molecular weight excluding hydrogens is 316 g/mol. The SMILES string of the molecule is COc1ccc(CC(=O)NCC2(N3CCOCC3)CCCCC2)cc1. The van der Waals surface area contributed by atoms with E-state index in [9.17, 15) is 4.79 Å². The normalized spacial score (nSPS) is 20.8. The molecular formula is C20H30N2O3. The maximum atomic E-state index is 12.4. The molecule has 1 saturated carbocycles. The first-order valence-electron chi connectivity index (χ1n) is 9.44. The van der Waals surface area contributed by atoms with Crippen LogP contribution in [0.15, 0.2) is 24.3 Å². The molecule has 1 N–H and O–H groups in total. The standard InChI is InChI=1S/C20H30N2O3/c1-24-18-7-5-17(6-8-18)15-19(23)21-16-20(9-3-2-4-10-20)22-11-13-25-14-12-22/h5-8H,2-4,9-16H2,1H3,(H,21,23). The van der Waals surface area contributed by atoms with E-state index in [-0.39, 0.29) is 11.4 Å². The molecule has 0 aromatic heterocycles. The van der Waals surface area contributed by atoms with Crippen LogP contribution in [0.2, 0.25) is 0 Å². The number of amides is 1. The second-order valence-corrected chi connectivity index (χ2v) is 7.19. The molecule has 3 rings (SSSR count). The number of hydrogen-bond donors (Lipinski definition) is 1. The fourth-order valence-corrected chi connectivity index (χ4v) is 4.11. The first-order valence-corrected chi connectivity index (χ1v) is 9.44. The summed E-state index contributed by atoms with van der Waals surface area (Å²) < 4.78 is 10.7. The molecule has 0 bridgehead atoms. The lowest BCUT2D eigenvalue weighted by Crippen LogP contribution is -2.59. The zero-order valence-electron chi connectivity index (χ0n) is 15.3. The van der Waals surface area contributed by atoms with Crippen molar-refractivity contribution in [3.05, 3.63) is 29.8 Å². The molecule has 1 aliphatic heterocycles. The quantitative estimate of drug-likeness (QED) is 0.859. The minimum Gasteiger partial charge on any atom is -0.497 e. The number of carbonyl (C=O) groups is 1. The second kappa shape index (κ2) is 8.68. The van der Waals surface area contributed by atoms with Gasteiger partial charge in [-0.2, -0.15) is 0 Å². The number of ether oxygens (including phenoxy) is 2. The summed E-state index contributed by atoms with van der Waals surface area (Å²) in [5.41, 5.74) is 1.14. The predicted molar refractivity (Wildman–Crippen MR) is 97.9 cm³/mol. The molecule has 5 nitrogen and oxygen atoms in total. The molecule has 138 valence electrons. The van der Waals surface area contributed by atoms with Crippen LogP contribution in [0.3, 0.4) is 0 Å². The number of rotatable bonds is 6. The number of morpholine rings is 1. The van der Waals surface area contributed by atoms with Crippen LogP contribution < -0.4 is 10.1 Å². The minimum atomic E-state index is 0.100. The third-order valence-electron chi connectivity index (χ3n) is 5.60. The molecule has 1 aliphatic carbocycles. The Labute approximate surface area is 150 Å². The van der Waals surface area contributed by atoms with E-state index in [1.807, 2.05) is 24.3 Å². The molecule has 2 fully saturated rings. The molecule has 1 aromatic carbocycles. The average molecular weight is 346 g/mol. The zero-order chi connectivity index (χ0) is 17.5. The Morgan fingerprint density at radius 2 is 1.84 bits per heavy atom. The molecule has 5 heteroatoms. The number of hydrogen-bond acceptors (Lipinski definition) is 4. The van der Waals surface area contributed by atoms with Crippen LogP contribution in [0.25, 0.3) is 0 Å². The van der Waals surface area contributed by atoms with Crippen molar-refractivity contribution in [2.45, 2.75) is 44.1 Å². The van der Waals surface area contributed by atoms with Crippen molar-refractivity contribution in [3.63, 3.8) is 0 Å². The first kappa shape index (κ1) is 18.2. The maximum Gasteiger partial charge on any atom is 0.224 e. The van der Waals surface area contributed by atoms with Crippen molar-refractivity contribution in [1.82, 2.24) is 10.2 Å². The summed E-state index contributed by atoms with van der Waals surface area (Å²) in [7, 11) is 1.65. The molecule has 25 heavy (non-hydrogen) atoms. The van der Waals surface area contributed by atoms with Crippen LogP contribution >= 0.6 is 0 Å². The van der Waals surface area contributed by atoms with Crippen molar-refractivity contribution < 1.29 is 14.3 Å². The fraction of sp³-hybridized carbons (Fsp3) is 0.650. The van der Waals surface area contributed by atoms with Crippen molar-refractivity contribution in [2.24, 2.45) is 0 Å². The minimum absolute atomic E-state index is 0.100. The van der Waals surface area contributed by atoms with Crippen LogP contribution in [0, 0.1) is 0 Å². The van der Waals surface area contributed by atoms with Crippen LogP contribution in [0.1, 0.15) is 37.7 Å². The van der Waals surface area contributed by atoms with Gasteiger partial charge in [-0.25, -0.2) is 0 Å². The van der Waals surface area contributed by atoms with E-state index in [2.05, 4.69) is 10.2 Å². The van der Waals surface area contributed by atoms with Gasteiger partial charge in [0.1, 0.15) is 5.75 Å². The number of nitrogens with zero attached hydrogens (tertiary/aromatic N) is 1. The van der Waals surface area contributed by atoms with Gasteiger partial charge in [-0.1, -0.05) is 31.4 Å². The summed E-state index contributed by atoms with van der Waals surface area (Å²) >= 11 is 0. The highest BCUT2D eigenvalue weighted by Crippen LogP contribution is 2.33. The van der Waals surface area contributed by atoms with Gasteiger partial charge >= 0.3 is 0 Å². The third-order valence-corrected chi connectivity index (χ3v) is 5.60. The third kappa shape index (κ3) is 4.73. The van der Waals surface area contributed by atoms with E-state index >= 15 is 0 Å². The molecule has 0 atom stereocenters. The number of methoxy groups -OCH3 is 1.